The summed E-state index contributed by atoms with van der Waals surface area (Å²) in [6.45, 7) is 1.95. The van der Waals surface area contributed by atoms with Gasteiger partial charge in [-0.2, -0.15) is 0 Å². The zero-order valence-corrected chi connectivity index (χ0v) is 14.2. The van der Waals surface area contributed by atoms with Crippen LogP contribution in [0.3, 0.4) is 0 Å². The molecule has 6 heteroatoms. The Kier molecular flexibility index (Phi) is 6.14. The highest BCUT2D eigenvalue weighted by Crippen LogP contribution is 2.11. The number of hydrogen-bond donors (Lipinski definition) is 2. The van der Waals surface area contributed by atoms with Crippen molar-refractivity contribution < 1.29 is 13.2 Å². The van der Waals surface area contributed by atoms with Gasteiger partial charge in [0.05, 0.1) is 5.75 Å². The number of carbonyl (C=O) groups is 1. The van der Waals surface area contributed by atoms with E-state index in [9.17, 15) is 13.2 Å². The van der Waals surface area contributed by atoms with Gasteiger partial charge in [-0.25, -0.2) is 8.42 Å². The molecule has 0 bridgehead atoms. The summed E-state index contributed by atoms with van der Waals surface area (Å²) in [4.78, 5) is 11.8. The highest BCUT2D eigenvalue weighted by atomic mass is 32.2. The molecule has 0 fully saturated rings. The average Bonchev–Trinajstić information content (AvgIpc) is 2.60. The molecule has 0 atom stereocenters. The van der Waals surface area contributed by atoms with Crippen LogP contribution in [0.15, 0.2) is 60.7 Å². The molecule has 0 heterocycles. The van der Waals surface area contributed by atoms with Crippen LogP contribution in [0.2, 0.25) is 0 Å². The van der Waals surface area contributed by atoms with E-state index in [1.165, 1.54) is 6.08 Å². The maximum atomic E-state index is 11.8. The van der Waals surface area contributed by atoms with Crippen LogP contribution >= 0.6 is 0 Å². The van der Waals surface area contributed by atoms with Crippen LogP contribution in [0, 0.1) is 0 Å². The van der Waals surface area contributed by atoms with E-state index in [1.807, 2.05) is 30.3 Å². The van der Waals surface area contributed by atoms with Crippen molar-refractivity contribution in [3.8, 4) is 0 Å². The molecule has 0 radical (unpaired) electrons. The number of carbonyl (C=O) groups excluding carboxylic acids is 1. The molecular formula is C18H20N2O3S. The van der Waals surface area contributed by atoms with Crippen molar-refractivity contribution in [1.82, 2.24) is 5.32 Å². The van der Waals surface area contributed by atoms with Crippen molar-refractivity contribution in [2.24, 2.45) is 0 Å². The van der Waals surface area contributed by atoms with Gasteiger partial charge in [-0.15, -0.1) is 0 Å². The van der Waals surface area contributed by atoms with Gasteiger partial charge in [0, 0.05) is 18.3 Å². The van der Waals surface area contributed by atoms with E-state index in [-0.39, 0.29) is 11.7 Å². The zero-order chi connectivity index (χ0) is 17.4. The van der Waals surface area contributed by atoms with Gasteiger partial charge in [-0.3, -0.25) is 9.52 Å². The molecule has 0 saturated heterocycles. The van der Waals surface area contributed by atoms with Crippen LogP contribution in [0.25, 0.3) is 6.08 Å². The van der Waals surface area contributed by atoms with Gasteiger partial charge in [0.1, 0.15) is 0 Å². The van der Waals surface area contributed by atoms with Gasteiger partial charge < -0.3 is 5.32 Å². The minimum Gasteiger partial charge on any atom is -0.348 e. The standard InChI is InChI=1S/C18H20N2O3S/c1-2-24(22,23)20-17-11-8-16(9-12-17)14-19-18(21)13-10-15-6-4-3-5-7-15/h3-13,20H,2,14H2,1H3,(H,19,21)/b13-10-. The number of rotatable bonds is 7. The Morgan fingerprint density at radius 1 is 1.04 bits per heavy atom. The van der Waals surface area contributed by atoms with E-state index in [4.69, 9.17) is 0 Å². The fraction of sp³-hybridized carbons (Fsp3) is 0.167. The number of benzene rings is 2. The molecule has 2 aromatic carbocycles. The number of sulfonamides is 1. The molecule has 1 amide bonds. The highest BCUT2D eigenvalue weighted by Gasteiger charge is 2.06. The Bertz CT molecular complexity index is 798. The maximum absolute atomic E-state index is 11.8. The molecule has 24 heavy (non-hydrogen) atoms. The van der Waals surface area contributed by atoms with Crippen LogP contribution in [-0.4, -0.2) is 20.1 Å². The molecule has 2 N–H and O–H groups in total. The van der Waals surface area contributed by atoms with Crippen LogP contribution in [0.4, 0.5) is 5.69 Å². The first-order valence-corrected chi connectivity index (χ1v) is 9.24. The van der Waals surface area contributed by atoms with Crippen LogP contribution in [-0.2, 0) is 21.4 Å². The third-order valence-electron chi connectivity index (χ3n) is 3.30. The first kappa shape index (κ1) is 17.7. The first-order chi connectivity index (χ1) is 11.5. The maximum Gasteiger partial charge on any atom is 0.244 e. The SMILES string of the molecule is CCS(=O)(=O)Nc1ccc(CNC(=O)/C=C\c2ccccc2)cc1. The summed E-state index contributed by atoms with van der Waals surface area (Å²) in [7, 11) is -3.27. The molecule has 5 nitrogen and oxygen atoms in total. The lowest BCUT2D eigenvalue weighted by Gasteiger charge is -2.07. The second-order valence-corrected chi connectivity index (χ2v) is 7.18. The molecule has 0 aromatic heterocycles. The quantitative estimate of drug-likeness (QED) is 0.759. The Morgan fingerprint density at radius 3 is 2.33 bits per heavy atom. The molecule has 0 aliphatic heterocycles. The van der Waals surface area contributed by atoms with Crippen LogP contribution < -0.4 is 10.0 Å². The fourth-order valence-electron chi connectivity index (χ4n) is 1.93. The summed E-state index contributed by atoms with van der Waals surface area (Å²) in [6.07, 6.45) is 3.23. The predicted molar refractivity (Wildman–Crippen MR) is 96.8 cm³/mol. The van der Waals surface area contributed by atoms with E-state index in [2.05, 4.69) is 10.0 Å². The van der Waals surface area contributed by atoms with Gasteiger partial charge in [-0.05, 0) is 36.3 Å². The number of hydrogen-bond acceptors (Lipinski definition) is 3. The van der Waals surface area contributed by atoms with Crippen LogP contribution in [0.5, 0.6) is 0 Å². The van der Waals surface area contributed by atoms with E-state index in [0.717, 1.165) is 11.1 Å². The summed E-state index contributed by atoms with van der Waals surface area (Å²) in [5, 5.41) is 2.78. The van der Waals surface area contributed by atoms with Gasteiger partial charge in [0.15, 0.2) is 0 Å². The van der Waals surface area contributed by atoms with Crippen molar-refractivity contribution >= 4 is 27.7 Å². The van der Waals surface area contributed by atoms with E-state index >= 15 is 0 Å². The Morgan fingerprint density at radius 2 is 1.71 bits per heavy atom. The minimum atomic E-state index is -3.27. The lowest BCUT2D eigenvalue weighted by atomic mass is 10.2. The first-order valence-electron chi connectivity index (χ1n) is 7.59. The smallest absolute Gasteiger partial charge is 0.244 e. The second kappa shape index (κ2) is 8.31. The van der Waals surface area contributed by atoms with Crippen molar-refractivity contribution in [2.75, 3.05) is 10.5 Å². The normalized spacial score (nSPS) is 11.4. The summed E-state index contributed by atoms with van der Waals surface area (Å²) in [5.74, 6) is -0.159. The van der Waals surface area contributed by atoms with Gasteiger partial charge >= 0.3 is 0 Å². The van der Waals surface area contributed by atoms with Crippen molar-refractivity contribution in [3.05, 3.63) is 71.8 Å². The lowest BCUT2D eigenvalue weighted by molar-refractivity contribution is -0.116. The van der Waals surface area contributed by atoms with E-state index in [1.54, 1.807) is 37.3 Å². The number of nitrogens with one attached hydrogen (secondary N) is 2. The molecule has 2 aromatic rings. The third kappa shape index (κ3) is 5.89. The second-order valence-electron chi connectivity index (χ2n) is 5.16. The zero-order valence-electron chi connectivity index (χ0n) is 13.4. The van der Waals surface area contributed by atoms with Crippen molar-refractivity contribution in [3.63, 3.8) is 0 Å². The molecule has 0 spiro atoms. The number of amides is 1. The van der Waals surface area contributed by atoms with Crippen LogP contribution in [0.1, 0.15) is 18.1 Å². The topological polar surface area (TPSA) is 75.3 Å². The summed E-state index contributed by atoms with van der Waals surface area (Å²) < 4.78 is 25.4. The third-order valence-corrected chi connectivity index (χ3v) is 4.61. The number of anilines is 1. The Balaban J connectivity index is 1.86. The van der Waals surface area contributed by atoms with E-state index in [0.29, 0.717) is 12.2 Å². The predicted octanol–water partition coefficient (Wildman–Crippen LogP) is 2.78. The fourth-order valence-corrected chi connectivity index (χ4v) is 2.57. The summed E-state index contributed by atoms with van der Waals surface area (Å²) in [6, 6.07) is 16.5. The molecule has 0 saturated carbocycles. The summed E-state index contributed by atoms with van der Waals surface area (Å²) in [5.41, 5.74) is 2.35. The lowest BCUT2D eigenvalue weighted by Crippen LogP contribution is -2.20. The molecule has 0 unspecified atom stereocenters. The van der Waals surface area contributed by atoms with Gasteiger partial charge in [0.25, 0.3) is 0 Å². The minimum absolute atomic E-state index is 0.0263. The van der Waals surface area contributed by atoms with E-state index < -0.39 is 10.0 Å². The van der Waals surface area contributed by atoms with Gasteiger partial charge in [0.2, 0.25) is 15.9 Å². The Labute approximate surface area is 142 Å². The largest absolute Gasteiger partial charge is 0.348 e. The molecule has 0 aliphatic carbocycles. The molecule has 0 aliphatic rings. The van der Waals surface area contributed by atoms with Crippen molar-refractivity contribution in [1.29, 1.82) is 0 Å². The molecular weight excluding hydrogens is 324 g/mol. The molecule has 2 rings (SSSR count). The summed E-state index contributed by atoms with van der Waals surface area (Å²) >= 11 is 0. The highest BCUT2D eigenvalue weighted by molar-refractivity contribution is 7.92. The van der Waals surface area contributed by atoms with Gasteiger partial charge in [-0.1, -0.05) is 42.5 Å². The average molecular weight is 344 g/mol. The monoisotopic (exact) mass is 344 g/mol. The molecule has 126 valence electrons. The van der Waals surface area contributed by atoms with Crippen molar-refractivity contribution in [2.45, 2.75) is 13.5 Å². The Hall–Kier alpha value is -2.60.